The van der Waals surface area contributed by atoms with Crippen LogP contribution in [0.5, 0.6) is 0 Å². The molecule has 3 atom stereocenters. The van der Waals surface area contributed by atoms with E-state index in [-0.39, 0.29) is 19.1 Å². The topological polar surface area (TPSA) is 105 Å². The lowest BCUT2D eigenvalue weighted by atomic mass is 10.0. The predicted octanol–water partition coefficient (Wildman–Crippen LogP) is 12.4. The van der Waals surface area contributed by atoms with E-state index in [2.05, 4.69) is 31.3 Å². The van der Waals surface area contributed by atoms with Gasteiger partial charge in [-0.25, -0.2) is 4.57 Å². The van der Waals surface area contributed by atoms with Gasteiger partial charge in [-0.15, -0.1) is 0 Å². The van der Waals surface area contributed by atoms with Crippen molar-refractivity contribution < 1.29 is 32.9 Å². The monoisotopic (exact) mass is 774 g/mol. The Kier molecular flexibility index (Phi) is 36.3. The van der Waals surface area contributed by atoms with Crippen molar-refractivity contribution in [1.82, 2.24) is 5.32 Å². The van der Waals surface area contributed by atoms with Gasteiger partial charge < -0.3 is 19.8 Å². The number of quaternary nitrogens is 1. The van der Waals surface area contributed by atoms with E-state index in [9.17, 15) is 19.4 Å². The van der Waals surface area contributed by atoms with Gasteiger partial charge in [0.25, 0.3) is 0 Å². The summed E-state index contributed by atoms with van der Waals surface area (Å²) in [4.78, 5) is 23.1. The van der Waals surface area contributed by atoms with Gasteiger partial charge in [0.05, 0.1) is 39.9 Å². The number of phosphoric ester groups is 1. The molecule has 0 aromatic carbocycles. The third kappa shape index (κ3) is 39.3. The molecule has 0 saturated heterocycles. The van der Waals surface area contributed by atoms with E-state index in [1.54, 1.807) is 0 Å². The highest BCUT2D eigenvalue weighted by Gasteiger charge is 2.28. The van der Waals surface area contributed by atoms with Crippen LogP contribution in [0.15, 0.2) is 12.2 Å². The number of aliphatic hydroxyl groups excluding tert-OH is 1. The van der Waals surface area contributed by atoms with E-state index in [1.165, 1.54) is 148 Å². The SMILES string of the molecule is CCCCCCCCC/C=C\CCCCCCCCCC(=O)NC(COP(=O)(O)OCC[N+](C)(C)C)C(O)CCCCCCCCCCCCCCC. The Hall–Kier alpha value is -0.760. The molecule has 0 aliphatic carbocycles. The van der Waals surface area contributed by atoms with Crippen LogP contribution >= 0.6 is 7.82 Å². The van der Waals surface area contributed by atoms with Gasteiger partial charge in [-0.2, -0.15) is 0 Å². The zero-order valence-electron chi connectivity index (χ0n) is 35.8. The number of hydrogen-bond acceptors (Lipinski definition) is 5. The number of carbonyl (C=O) groups excluding carboxylic acids is 1. The average Bonchev–Trinajstić information content (AvgIpc) is 3.10. The number of unbranched alkanes of at least 4 members (excludes halogenated alkanes) is 26. The molecule has 0 saturated carbocycles. The molecule has 3 unspecified atom stereocenters. The third-order valence-corrected chi connectivity index (χ3v) is 11.2. The molecule has 53 heavy (non-hydrogen) atoms. The number of phosphoric acid groups is 1. The molecule has 0 bridgehead atoms. The second kappa shape index (κ2) is 36.9. The van der Waals surface area contributed by atoms with Gasteiger partial charge in [0.15, 0.2) is 0 Å². The largest absolute Gasteiger partial charge is 0.472 e. The third-order valence-electron chi connectivity index (χ3n) is 10.3. The molecule has 0 radical (unpaired) electrons. The Balaban J connectivity index is 4.33. The van der Waals surface area contributed by atoms with Crippen LogP contribution in [0, 0.1) is 0 Å². The normalized spacial score (nSPS) is 14.5. The summed E-state index contributed by atoms with van der Waals surface area (Å²) in [7, 11) is 1.62. The van der Waals surface area contributed by atoms with Crippen molar-refractivity contribution in [3.05, 3.63) is 12.2 Å². The van der Waals surface area contributed by atoms with Crippen LogP contribution < -0.4 is 5.32 Å². The van der Waals surface area contributed by atoms with E-state index in [1.807, 2.05) is 21.1 Å². The highest BCUT2D eigenvalue weighted by Crippen LogP contribution is 2.43. The lowest BCUT2D eigenvalue weighted by Crippen LogP contribution is -2.46. The van der Waals surface area contributed by atoms with Gasteiger partial charge in [-0.3, -0.25) is 13.8 Å². The summed E-state index contributed by atoms with van der Waals surface area (Å²) in [5, 5.41) is 13.9. The van der Waals surface area contributed by atoms with Crippen LogP contribution in [0.1, 0.15) is 213 Å². The lowest BCUT2D eigenvalue weighted by Gasteiger charge is -2.26. The molecule has 0 aromatic heterocycles. The minimum absolute atomic E-state index is 0.0756. The summed E-state index contributed by atoms with van der Waals surface area (Å²) in [6.07, 6.45) is 40.9. The Morgan fingerprint density at radius 2 is 1.02 bits per heavy atom. The van der Waals surface area contributed by atoms with Crippen molar-refractivity contribution >= 4 is 13.7 Å². The smallest absolute Gasteiger partial charge is 0.391 e. The number of nitrogens with one attached hydrogen (secondary N) is 1. The number of rotatable bonds is 41. The molecular formula is C44H90N2O6P+. The maximum Gasteiger partial charge on any atom is 0.472 e. The molecule has 316 valence electrons. The Labute approximate surface area is 329 Å². The first-order valence-electron chi connectivity index (χ1n) is 22.6. The quantitative estimate of drug-likeness (QED) is 0.0247. The van der Waals surface area contributed by atoms with E-state index < -0.39 is 20.0 Å². The lowest BCUT2D eigenvalue weighted by molar-refractivity contribution is -0.870. The van der Waals surface area contributed by atoms with E-state index in [4.69, 9.17) is 9.05 Å². The number of allylic oxidation sites excluding steroid dienone is 2. The number of likely N-dealkylation sites (N-methyl/N-ethyl adjacent to an activating group) is 1. The van der Waals surface area contributed by atoms with Crippen LogP contribution in [0.4, 0.5) is 0 Å². The second-order valence-corrected chi connectivity index (χ2v) is 18.2. The van der Waals surface area contributed by atoms with Gasteiger partial charge in [-0.05, 0) is 38.5 Å². The number of aliphatic hydroxyl groups is 1. The van der Waals surface area contributed by atoms with Gasteiger partial charge in [0.1, 0.15) is 13.2 Å². The highest BCUT2D eigenvalue weighted by molar-refractivity contribution is 7.47. The maximum atomic E-state index is 12.9. The molecule has 0 fully saturated rings. The first-order valence-corrected chi connectivity index (χ1v) is 24.0. The number of nitrogens with zero attached hydrogens (tertiary/aromatic N) is 1. The fourth-order valence-corrected chi connectivity index (χ4v) is 7.36. The van der Waals surface area contributed by atoms with Crippen LogP contribution in [0.3, 0.4) is 0 Å². The molecule has 9 heteroatoms. The molecule has 0 heterocycles. The van der Waals surface area contributed by atoms with Gasteiger partial charge in [-0.1, -0.05) is 180 Å². The summed E-state index contributed by atoms with van der Waals surface area (Å²) in [6.45, 7) is 4.89. The fraction of sp³-hybridized carbons (Fsp3) is 0.932. The minimum Gasteiger partial charge on any atom is -0.391 e. The fourth-order valence-electron chi connectivity index (χ4n) is 6.63. The van der Waals surface area contributed by atoms with E-state index in [0.29, 0.717) is 23.9 Å². The van der Waals surface area contributed by atoms with Crippen molar-refractivity contribution in [2.24, 2.45) is 0 Å². The van der Waals surface area contributed by atoms with Gasteiger partial charge >= 0.3 is 7.82 Å². The maximum absolute atomic E-state index is 12.9. The van der Waals surface area contributed by atoms with Crippen molar-refractivity contribution in [3.63, 3.8) is 0 Å². The van der Waals surface area contributed by atoms with Crippen LogP contribution in [0.2, 0.25) is 0 Å². The standard InChI is InChI=1S/C44H89N2O6P/c1-6-8-10-12-14-16-18-20-21-22-23-24-26-28-30-32-34-36-38-44(48)45-42(41-52-53(49,50)51-40-39-46(3,4)5)43(47)37-35-33-31-29-27-25-19-17-15-13-11-9-7-2/h21-22,42-43,47H,6-20,23-41H2,1-5H3,(H-,45,48,49,50)/p+1/b22-21-. The highest BCUT2D eigenvalue weighted by atomic mass is 31.2. The molecule has 0 aliphatic heterocycles. The van der Waals surface area contributed by atoms with Crippen molar-refractivity contribution in [2.45, 2.75) is 225 Å². The average molecular weight is 774 g/mol. The zero-order chi connectivity index (χ0) is 39.3. The summed E-state index contributed by atoms with van der Waals surface area (Å²) >= 11 is 0. The molecule has 0 rings (SSSR count). The minimum atomic E-state index is -4.31. The molecule has 3 N–H and O–H groups in total. The first kappa shape index (κ1) is 52.2. The van der Waals surface area contributed by atoms with Gasteiger partial charge in [0, 0.05) is 6.42 Å². The Morgan fingerprint density at radius 1 is 0.623 bits per heavy atom. The predicted molar refractivity (Wildman–Crippen MR) is 226 cm³/mol. The number of amides is 1. The molecular weight excluding hydrogens is 683 g/mol. The van der Waals surface area contributed by atoms with Crippen molar-refractivity contribution in [1.29, 1.82) is 0 Å². The van der Waals surface area contributed by atoms with Crippen LogP contribution in [0.25, 0.3) is 0 Å². The summed E-state index contributed by atoms with van der Waals surface area (Å²) in [5.74, 6) is -0.148. The zero-order valence-corrected chi connectivity index (χ0v) is 36.7. The van der Waals surface area contributed by atoms with Crippen molar-refractivity contribution in [3.8, 4) is 0 Å². The van der Waals surface area contributed by atoms with E-state index in [0.717, 1.165) is 38.5 Å². The molecule has 0 aromatic rings. The summed E-state index contributed by atoms with van der Waals surface area (Å²) in [6, 6.07) is -0.758. The van der Waals surface area contributed by atoms with E-state index >= 15 is 0 Å². The van der Waals surface area contributed by atoms with Gasteiger partial charge in [0.2, 0.25) is 5.91 Å². The van der Waals surface area contributed by atoms with Crippen LogP contribution in [-0.2, 0) is 18.4 Å². The molecule has 0 aliphatic rings. The molecule has 0 spiro atoms. The first-order chi connectivity index (χ1) is 25.5. The Bertz CT molecular complexity index is 880. The summed E-state index contributed by atoms with van der Waals surface area (Å²) in [5.41, 5.74) is 0. The Morgan fingerprint density at radius 3 is 1.45 bits per heavy atom. The van der Waals surface area contributed by atoms with Crippen LogP contribution in [-0.4, -0.2) is 73.4 Å². The molecule has 8 nitrogen and oxygen atoms in total. The van der Waals surface area contributed by atoms with Crippen molar-refractivity contribution in [2.75, 3.05) is 40.9 Å². The number of carbonyl (C=O) groups is 1. The summed E-state index contributed by atoms with van der Waals surface area (Å²) < 4.78 is 23.6. The molecule has 1 amide bonds. The number of hydrogen-bond donors (Lipinski definition) is 3. The second-order valence-electron chi connectivity index (χ2n) is 16.8.